The number of aromatic nitrogens is 1. The molecule has 0 amide bonds. The van der Waals surface area contributed by atoms with Crippen molar-refractivity contribution in [2.45, 2.75) is 20.8 Å². The second-order valence-corrected chi connectivity index (χ2v) is 4.75. The van der Waals surface area contributed by atoms with Crippen LogP contribution in [0.4, 0.5) is 11.5 Å². The van der Waals surface area contributed by atoms with Crippen LogP contribution in [0.3, 0.4) is 0 Å². The number of anilines is 2. The SMILES string of the molecule is CCN(CC)CCNc1ncc(N)c(C)c1Br. The number of rotatable bonds is 6. The van der Waals surface area contributed by atoms with Crippen LogP contribution in [0.2, 0.25) is 0 Å². The molecule has 0 aromatic carbocycles. The van der Waals surface area contributed by atoms with E-state index in [1.165, 1.54) is 0 Å². The first kappa shape index (κ1) is 14.3. The van der Waals surface area contributed by atoms with Gasteiger partial charge in [-0.15, -0.1) is 0 Å². The number of nitrogens with zero attached hydrogens (tertiary/aromatic N) is 2. The van der Waals surface area contributed by atoms with Crippen molar-refractivity contribution < 1.29 is 0 Å². The predicted molar refractivity (Wildman–Crippen MR) is 77.4 cm³/mol. The summed E-state index contributed by atoms with van der Waals surface area (Å²) in [5.41, 5.74) is 7.53. The smallest absolute Gasteiger partial charge is 0.140 e. The molecule has 0 atom stereocenters. The van der Waals surface area contributed by atoms with Crippen molar-refractivity contribution in [3.63, 3.8) is 0 Å². The summed E-state index contributed by atoms with van der Waals surface area (Å²) in [6.45, 7) is 10.4. The number of nitrogens with one attached hydrogen (secondary N) is 1. The minimum Gasteiger partial charge on any atom is -0.397 e. The third-order valence-corrected chi connectivity index (χ3v) is 3.89. The number of halogens is 1. The standard InChI is InChI=1S/C12H21BrN4/c1-4-17(5-2)7-6-15-12-11(13)9(3)10(14)8-16-12/h8H,4-7,14H2,1-3H3,(H,15,16). The van der Waals surface area contributed by atoms with Crippen molar-refractivity contribution in [3.8, 4) is 0 Å². The molecule has 0 aliphatic carbocycles. The van der Waals surface area contributed by atoms with Crippen LogP contribution in [0.15, 0.2) is 10.7 Å². The van der Waals surface area contributed by atoms with Gasteiger partial charge in [0.25, 0.3) is 0 Å². The molecule has 0 aliphatic heterocycles. The lowest BCUT2D eigenvalue weighted by Crippen LogP contribution is -2.28. The van der Waals surface area contributed by atoms with Crippen LogP contribution in [-0.4, -0.2) is 36.1 Å². The fraction of sp³-hybridized carbons (Fsp3) is 0.583. The minimum atomic E-state index is 0.714. The average molecular weight is 301 g/mol. The lowest BCUT2D eigenvalue weighted by molar-refractivity contribution is 0.316. The van der Waals surface area contributed by atoms with E-state index in [2.05, 4.69) is 45.0 Å². The molecule has 0 saturated carbocycles. The summed E-state index contributed by atoms with van der Waals surface area (Å²) in [4.78, 5) is 6.65. The number of hydrogen-bond acceptors (Lipinski definition) is 4. The molecule has 1 aromatic heterocycles. The summed E-state index contributed by atoms with van der Waals surface area (Å²) in [5, 5.41) is 3.32. The highest BCUT2D eigenvalue weighted by molar-refractivity contribution is 9.10. The van der Waals surface area contributed by atoms with Gasteiger partial charge in [-0.2, -0.15) is 0 Å². The molecule has 96 valence electrons. The van der Waals surface area contributed by atoms with E-state index in [1.807, 2.05) is 6.92 Å². The van der Waals surface area contributed by atoms with Crippen LogP contribution in [0.1, 0.15) is 19.4 Å². The van der Waals surface area contributed by atoms with Gasteiger partial charge in [0.15, 0.2) is 0 Å². The van der Waals surface area contributed by atoms with Gasteiger partial charge in [0.2, 0.25) is 0 Å². The molecule has 5 heteroatoms. The predicted octanol–water partition coefficient (Wildman–Crippen LogP) is 2.49. The molecule has 0 unspecified atom stereocenters. The molecule has 4 nitrogen and oxygen atoms in total. The molecule has 0 spiro atoms. The van der Waals surface area contributed by atoms with Crippen LogP contribution in [-0.2, 0) is 0 Å². The lowest BCUT2D eigenvalue weighted by atomic mass is 10.2. The van der Waals surface area contributed by atoms with Gasteiger partial charge in [0, 0.05) is 13.1 Å². The van der Waals surface area contributed by atoms with Gasteiger partial charge in [0.05, 0.1) is 16.4 Å². The monoisotopic (exact) mass is 300 g/mol. The molecule has 1 aromatic rings. The minimum absolute atomic E-state index is 0.714. The zero-order valence-corrected chi connectivity index (χ0v) is 12.3. The molecule has 3 N–H and O–H groups in total. The van der Waals surface area contributed by atoms with E-state index in [4.69, 9.17) is 5.73 Å². The van der Waals surface area contributed by atoms with Crippen LogP contribution in [0, 0.1) is 6.92 Å². The Morgan fingerprint density at radius 3 is 2.65 bits per heavy atom. The van der Waals surface area contributed by atoms with E-state index in [9.17, 15) is 0 Å². The van der Waals surface area contributed by atoms with Gasteiger partial charge >= 0.3 is 0 Å². The Hall–Kier alpha value is -0.810. The van der Waals surface area contributed by atoms with Crippen molar-refractivity contribution in [3.05, 3.63) is 16.2 Å². The Labute approximate surface area is 112 Å². The van der Waals surface area contributed by atoms with Crippen LogP contribution in [0.25, 0.3) is 0 Å². The summed E-state index contributed by atoms with van der Waals surface area (Å²) >= 11 is 3.51. The summed E-state index contributed by atoms with van der Waals surface area (Å²) in [7, 11) is 0. The molecule has 1 heterocycles. The first-order valence-corrected chi connectivity index (χ1v) is 6.76. The van der Waals surface area contributed by atoms with Crippen molar-refractivity contribution in [1.82, 2.24) is 9.88 Å². The normalized spacial score (nSPS) is 10.9. The van der Waals surface area contributed by atoms with Gasteiger partial charge in [-0.05, 0) is 41.5 Å². The molecule has 0 fully saturated rings. The third kappa shape index (κ3) is 3.85. The van der Waals surface area contributed by atoms with Gasteiger partial charge in [0.1, 0.15) is 5.82 Å². The Kier molecular flexibility index (Phi) is 5.71. The van der Waals surface area contributed by atoms with Crippen molar-refractivity contribution in [2.24, 2.45) is 0 Å². The zero-order valence-electron chi connectivity index (χ0n) is 10.8. The van der Waals surface area contributed by atoms with Crippen molar-refractivity contribution in [1.29, 1.82) is 0 Å². The Morgan fingerprint density at radius 1 is 1.41 bits per heavy atom. The van der Waals surface area contributed by atoms with Crippen LogP contribution >= 0.6 is 15.9 Å². The van der Waals surface area contributed by atoms with Gasteiger partial charge in [-0.25, -0.2) is 4.98 Å². The molecule has 1 rings (SSSR count). The fourth-order valence-corrected chi connectivity index (χ4v) is 2.06. The number of nitrogens with two attached hydrogens (primary N) is 1. The number of pyridine rings is 1. The molecule has 0 saturated heterocycles. The first-order chi connectivity index (χ1) is 8.10. The van der Waals surface area contributed by atoms with E-state index in [-0.39, 0.29) is 0 Å². The summed E-state index contributed by atoms with van der Waals surface area (Å²) in [6.07, 6.45) is 1.69. The maximum atomic E-state index is 5.78. The van der Waals surface area contributed by atoms with E-state index in [0.717, 1.165) is 42.0 Å². The van der Waals surface area contributed by atoms with Crippen molar-refractivity contribution in [2.75, 3.05) is 37.2 Å². The molecule has 17 heavy (non-hydrogen) atoms. The Bertz CT molecular complexity index is 364. The van der Waals surface area contributed by atoms with Gasteiger partial charge in [-0.3, -0.25) is 0 Å². The largest absolute Gasteiger partial charge is 0.397 e. The molecule has 0 bridgehead atoms. The first-order valence-electron chi connectivity index (χ1n) is 5.96. The summed E-state index contributed by atoms with van der Waals surface area (Å²) in [6, 6.07) is 0. The summed E-state index contributed by atoms with van der Waals surface area (Å²) < 4.78 is 0.956. The Balaban J connectivity index is 2.55. The number of hydrogen-bond donors (Lipinski definition) is 2. The number of nitrogen functional groups attached to an aromatic ring is 1. The van der Waals surface area contributed by atoms with Gasteiger partial charge < -0.3 is 16.0 Å². The fourth-order valence-electron chi connectivity index (χ4n) is 1.59. The molecule has 0 aliphatic rings. The maximum absolute atomic E-state index is 5.78. The molecule has 0 radical (unpaired) electrons. The Morgan fingerprint density at radius 2 is 2.06 bits per heavy atom. The van der Waals surface area contributed by atoms with Crippen molar-refractivity contribution >= 4 is 27.4 Å². The van der Waals surface area contributed by atoms with E-state index in [0.29, 0.717) is 5.69 Å². The molecular formula is C12H21BrN4. The zero-order chi connectivity index (χ0) is 12.8. The highest BCUT2D eigenvalue weighted by Crippen LogP contribution is 2.27. The van der Waals surface area contributed by atoms with Crippen LogP contribution < -0.4 is 11.1 Å². The quantitative estimate of drug-likeness (QED) is 0.847. The van der Waals surface area contributed by atoms with E-state index in [1.54, 1.807) is 6.20 Å². The molecular weight excluding hydrogens is 280 g/mol. The van der Waals surface area contributed by atoms with Gasteiger partial charge in [-0.1, -0.05) is 13.8 Å². The van der Waals surface area contributed by atoms with E-state index < -0.39 is 0 Å². The maximum Gasteiger partial charge on any atom is 0.140 e. The highest BCUT2D eigenvalue weighted by atomic mass is 79.9. The second kappa shape index (κ2) is 6.81. The van der Waals surface area contributed by atoms with Crippen LogP contribution in [0.5, 0.6) is 0 Å². The van der Waals surface area contributed by atoms with E-state index >= 15 is 0 Å². The average Bonchev–Trinajstić information content (AvgIpc) is 2.34. The summed E-state index contributed by atoms with van der Waals surface area (Å²) in [5.74, 6) is 0.865. The number of likely N-dealkylation sites (N-methyl/N-ethyl adjacent to an activating group) is 1. The third-order valence-electron chi connectivity index (χ3n) is 2.92. The highest BCUT2D eigenvalue weighted by Gasteiger charge is 2.07. The second-order valence-electron chi connectivity index (χ2n) is 3.95. The topological polar surface area (TPSA) is 54.2 Å². The lowest BCUT2D eigenvalue weighted by Gasteiger charge is -2.18.